The van der Waals surface area contributed by atoms with Crippen molar-refractivity contribution < 1.29 is 10.8 Å². The second kappa shape index (κ2) is 16.6. The van der Waals surface area contributed by atoms with Gasteiger partial charge in [0.15, 0.2) is 0 Å². The van der Waals surface area contributed by atoms with Gasteiger partial charge >= 0.3 is 0 Å². The molecule has 0 aromatic heterocycles. The van der Waals surface area contributed by atoms with Crippen LogP contribution in [0.15, 0.2) is 109 Å². The van der Waals surface area contributed by atoms with Crippen LogP contribution in [-0.4, -0.2) is 27.2 Å². The third-order valence-corrected chi connectivity index (χ3v) is 6.91. The van der Waals surface area contributed by atoms with Crippen molar-refractivity contribution in [2.75, 3.05) is 27.2 Å². The Morgan fingerprint density at radius 3 is 1.59 bits per heavy atom. The van der Waals surface area contributed by atoms with Gasteiger partial charge in [-0.2, -0.15) is 0 Å². The zero-order valence-electron chi connectivity index (χ0n) is 26.6. The summed E-state index contributed by atoms with van der Waals surface area (Å²) in [6, 6.07) is 35.1. The molecule has 0 unspecified atom stereocenters. The van der Waals surface area contributed by atoms with E-state index < -0.39 is 0 Å². The summed E-state index contributed by atoms with van der Waals surface area (Å²) >= 11 is 0. The third kappa shape index (κ3) is 10.4. The molecule has 0 saturated heterocycles. The predicted molar refractivity (Wildman–Crippen MR) is 173 cm³/mol. The van der Waals surface area contributed by atoms with Gasteiger partial charge in [-0.3, -0.25) is 0 Å². The van der Waals surface area contributed by atoms with E-state index in [1.165, 1.54) is 16.7 Å². The summed E-state index contributed by atoms with van der Waals surface area (Å²) in [5.74, 6) is 1.84. The lowest BCUT2D eigenvalue weighted by Crippen LogP contribution is -2.19. The maximum Gasteiger partial charge on any atom is 0.125 e. The minimum Gasteiger partial charge on any atom is -0.485 e. The Morgan fingerprint density at radius 2 is 1.10 bits per heavy atom. The average Bonchev–Trinajstić information content (AvgIpc) is 2.99. The second-order valence-corrected chi connectivity index (χ2v) is 11.3. The molecule has 0 bridgehead atoms. The minimum atomic E-state index is 0.0268. The quantitative estimate of drug-likeness (QED) is 0.185. The van der Waals surface area contributed by atoms with Gasteiger partial charge in [0.05, 0.1) is 1.37 Å². The first-order chi connectivity index (χ1) is 20.2. The van der Waals surface area contributed by atoms with Gasteiger partial charge in [-0.25, -0.2) is 0 Å². The molecule has 0 radical (unpaired) electrons. The van der Waals surface area contributed by atoms with E-state index in [-0.39, 0.29) is 17.6 Å². The maximum absolute atomic E-state index is 7.62. The van der Waals surface area contributed by atoms with Crippen LogP contribution in [-0.2, 0) is 5.41 Å². The number of nitrogens with one attached hydrogen (secondary N) is 2. The number of rotatable bonds is 12. The summed E-state index contributed by atoms with van der Waals surface area (Å²) in [5, 5.41) is 6.39. The van der Waals surface area contributed by atoms with Gasteiger partial charge in [-0.05, 0) is 73.9 Å². The molecule has 0 fully saturated rings. The highest BCUT2D eigenvalue weighted by Crippen LogP contribution is 2.34. The number of aryl methyl sites for hydroxylation is 1. The molecule has 4 nitrogen and oxygen atoms in total. The van der Waals surface area contributed by atoms with E-state index in [9.17, 15) is 0 Å². The summed E-state index contributed by atoms with van der Waals surface area (Å²) in [5.41, 5.74) is 4.72. The van der Waals surface area contributed by atoms with Crippen molar-refractivity contribution in [3.05, 3.63) is 131 Å². The first-order valence-corrected chi connectivity index (χ1v) is 14.6. The summed E-state index contributed by atoms with van der Waals surface area (Å²) in [4.78, 5) is 0. The summed E-state index contributed by atoms with van der Waals surface area (Å²) in [7, 11) is 3.92. The minimum absolute atomic E-state index is 0.0268. The van der Waals surface area contributed by atoms with Gasteiger partial charge in [0.1, 0.15) is 23.7 Å². The Balaban J connectivity index is 0.000000231. The Hall–Kier alpha value is -3.60. The maximum atomic E-state index is 7.62. The standard InChI is InChI=1S/C20H27NO.C17H21NO/c1-20(2,3)17-12-8-9-13-19(17)22-18(14-15-21-4)16-10-6-5-7-11-16;1-14-8-6-7-11-16(14)19-17(12-13-18-2)15-9-4-3-5-10-15/h5-13,18,21H,14-15H2,1-4H3;3-11,17-18H,12-13H2,1-2H3/t18-;17-/m11/s1/i;6D. The molecule has 41 heavy (non-hydrogen) atoms. The van der Waals surface area contributed by atoms with Crippen LogP contribution in [0.5, 0.6) is 11.5 Å². The molecular weight excluding hydrogens is 504 g/mol. The molecule has 0 heterocycles. The van der Waals surface area contributed by atoms with Crippen LogP contribution in [0.3, 0.4) is 0 Å². The number of benzene rings is 4. The molecule has 4 rings (SSSR count). The van der Waals surface area contributed by atoms with E-state index in [0.29, 0.717) is 6.04 Å². The molecule has 0 saturated carbocycles. The number of hydrogen-bond acceptors (Lipinski definition) is 4. The Morgan fingerprint density at radius 1 is 0.634 bits per heavy atom. The van der Waals surface area contributed by atoms with Crippen LogP contribution >= 0.6 is 0 Å². The fraction of sp³-hybridized carbons (Fsp3) is 0.351. The van der Waals surface area contributed by atoms with Crippen molar-refractivity contribution in [2.24, 2.45) is 0 Å². The van der Waals surface area contributed by atoms with Gasteiger partial charge in [0.25, 0.3) is 0 Å². The normalized spacial score (nSPS) is 12.9. The molecule has 0 amide bonds. The lowest BCUT2D eigenvalue weighted by Gasteiger charge is -2.26. The highest BCUT2D eigenvalue weighted by atomic mass is 16.5. The number of ether oxygens (including phenoxy) is 2. The molecule has 0 spiro atoms. The molecular formula is C37H48N2O2. The third-order valence-electron chi connectivity index (χ3n) is 6.91. The Kier molecular flexibility index (Phi) is 12.3. The molecule has 218 valence electrons. The lowest BCUT2D eigenvalue weighted by molar-refractivity contribution is 0.190. The molecule has 4 aromatic carbocycles. The van der Waals surface area contributed by atoms with Crippen molar-refractivity contribution in [1.29, 1.82) is 0 Å². The molecule has 2 atom stereocenters. The van der Waals surface area contributed by atoms with Gasteiger partial charge in [-0.15, -0.1) is 0 Å². The van der Waals surface area contributed by atoms with Gasteiger partial charge < -0.3 is 20.1 Å². The Bertz CT molecular complexity index is 1320. The van der Waals surface area contributed by atoms with Gasteiger partial charge in [0, 0.05) is 12.8 Å². The van der Waals surface area contributed by atoms with Crippen LogP contribution in [0.25, 0.3) is 0 Å². The number of hydrogen-bond donors (Lipinski definition) is 2. The fourth-order valence-electron chi connectivity index (χ4n) is 4.60. The van der Waals surface area contributed by atoms with Gasteiger partial charge in [0.2, 0.25) is 0 Å². The van der Waals surface area contributed by atoms with Crippen LogP contribution in [0.1, 0.15) is 69.4 Å². The molecule has 0 aliphatic heterocycles. The lowest BCUT2D eigenvalue weighted by atomic mass is 9.86. The van der Waals surface area contributed by atoms with E-state index in [0.717, 1.165) is 43.0 Å². The molecule has 0 aliphatic carbocycles. The number of para-hydroxylation sites is 2. The SMILES string of the molecule is CNCC[C@@H](Oc1ccccc1C(C)(C)C)c1ccccc1.[2H]c1ccc(O[C@H](CCNC)c2ccccc2)c(C)c1. The first-order valence-electron chi connectivity index (χ1n) is 15.1. The van der Waals surface area contributed by atoms with Crippen LogP contribution in [0.4, 0.5) is 0 Å². The summed E-state index contributed by atoms with van der Waals surface area (Å²) in [6.07, 6.45) is 1.94. The molecule has 2 N–H and O–H groups in total. The van der Waals surface area contributed by atoms with Crippen molar-refractivity contribution >= 4 is 0 Å². The van der Waals surface area contributed by atoms with E-state index in [4.69, 9.17) is 10.8 Å². The monoisotopic (exact) mass is 553 g/mol. The predicted octanol–water partition coefficient (Wildman–Crippen LogP) is 8.44. The molecule has 0 aliphatic rings. The second-order valence-electron chi connectivity index (χ2n) is 11.3. The highest BCUT2D eigenvalue weighted by molar-refractivity contribution is 5.39. The topological polar surface area (TPSA) is 42.5 Å². The van der Waals surface area contributed by atoms with Gasteiger partial charge in [-0.1, -0.05) is 118 Å². The Labute approximate surface area is 249 Å². The summed E-state index contributed by atoms with van der Waals surface area (Å²) < 4.78 is 20.2. The average molecular weight is 554 g/mol. The summed E-state index contributed by atoms with van der Waals surface area (Å²) in [6.45, 7) is 10.5. The van der Waals surface area contributed by atoms with E-state index in [1.807, 2.05) is 63.5 Å². The highest BCUT2D eigenvalue weighted by Gasteiger charge is 2.21. The van der Waals surface area contributed by atoms with Crippen LogP contribution in [0.2, 0.25) is 0 Å². The van der Waals surface area contributed by atoms with Crippen LogP contribution < -0.4 is 20.1 Å². The zero-order valence-corrected chi connectivity index (χ0v) is 25.6. The van der Waals surface area contributed by atoms with Crippen LogP contribution in [0, 0.1) is 6.92 Å². The first kappa shape index (κ1) is 30.4. The molecule has 4 heteroatoms. The van der Waals surface area contributed by atoms with Crippen molar-refractivity contribution in [3.8, 4) is 11.5 Å². The van der Waals surface area contributed by atoms with E-state index in [2.05, 4.69) is 86.0 Å². The zero-order chi connectivity index (χ0) is 30.4. The van der Waals surface area contributed by atoms with Crippen molar-refractivity contribution in [1.82, 2.24) is 10.6 Å². The van der Waals surface area contributed by atoms with Crippen molar-refractivity contribution in [3.63, 3.8) is 0 Å². The van der Waals surface area contributed by atoms with Crippen molar-refractivity contribution in [2.45, 2.75) is 58.2 Å². The smallest absolute Gasteiger partial charge is 0.125 e. The fourth-order valence-corrected chi connectivity index (χ4v) is 4.60. The largest absolute Gasteiger partial charge is 0.485 e. The van der Waals surface area contributed by atoms with E-state index in [1.54, 1.807) is 6.07 Å². The molecule has 4 aromatic rings. The van der Waals surface area contributed by atoms with E-state index >= 15 is 0 Å².